The van der Waals surface area contributed by atoms with E-state index in [0.29, 0.717) is 0 Å². The first kappa shape index (κ1) is 8.21. The molecule has 0 saturated heterocycles. The molecule has 2 nitrogen and oxygen atoms in total. The zero-order chi connectivity index (χ0) is 7.28. The molecule has 1 amide bonds. The maximum Gasteiger partial charge on any atom is 0.220 e. The highest BCUT2D eigenvalue weighted by molar-refractivity contribution is 5.74. The average Bonchev–Trinajstić information content (AvgIpc) is 1.82. The molecule has 0 heterocycles. The maximum absolute atomic E-state index is 10.4. The molecule has 0 aromatic rings. The summed E-state index contributed by atoms with van der Waals surface area (Å²) in [5, 5.41) is 2.70. The van der Waals surface area contributed by atoms with Crippen molar-refractivity contribution in [2.75, 3.05) is 0 Å². The van der Waals surface area contributed by atoms with Gasteiger partial charge in [-0.3, -0.25) is 4.79 Å². The molecule has 1 N–H and O–H groups in total. The minimum atomic E-state index is 0.00458. The summed E-state index contributed by atoms with van der Waals surface area (Å²) < 4.78 is 0. The van der Waals surface area contributed by atoms with Gasteiger partial charge in [-0.2, -0.15) is 0 Å². The molecule has 0 bridgehead atoms. The van der Waals surface area contributed by atoms with Gasteiger partial charge >= 0.3 is 0 Å². The number of amides is 1. The van der Waals surface area contributed by atoms with Gasteiger partial charge in [0.25, 0.3) is 0 Å². The summed E-state index contributed by atoms with van der Waals surface area (Å²) in [5.74, 6) is 0.00458. The van der Waals surface area contributed by atoms with Crippen LogP contribution in [0, 0.1) is 0 Å². The topological polar surface area (TPSA) is 29.1 Å². The van der Waals surface area contributed by atoms with E-state index in [2.05, 4.69) is 5.32 Å². The van der Waals surface area contributed by atoms with E-state index in [9.17, 15) is 4.79 Å². The van der Waals surface area contributed by atoms with Crippen LogP contribution in [0.4, 0.5) is 0 Å². The lowest BCUT2D eigenvalue weighted by Gasteiger charge is -2.01. The quantitative estimate of drug-likeness (QED) is 0.597. The van der Waals surface area contributed by atoms with Crippen LogP contribution in [0.1, 0.15) is 27.2 Å². The van der Waals surface area contributed by atoms with E-state index >= 15 is 0 Å². The van der Waals surface area contributed by atoms with Gasteiger partial charge in [-0.1, -0.05) is 13.0 Å². The lowest BCUT2D eigenvalue weighted by Crippen LogP contribution is -2.18. The van der Waals surface area contributed by atoms with E-state index in [1.54, 1.807) is 0 Å². The summed E-state index contributed by atoms with van der Waals surface area (Å²) in [7, 11) is 0. The number of rotatable bonds is 2. The lowest BCUT2D eigenvalue weighted by molar-refractivity contribution is -0.118. The van der Waals surface area contributed by atoms with Crippen molar-refractivity contribution in [1.82, 2.24) is 5.32 Å². The zero-order valence-corrected chi connectivity index (χ0v) is 6.19. The van der Waals surface area contributed by atoms with Gasteiger partial charge in [-0.15, -0.1) is 0 Å². The third kappa shape index (κ3) is 3.76. The molecule has 0 aliphatic rings. The number of allylic oxidation sites excluding steroid dienone is 2. The molecule has 0 saturated carbocycles. The summed E-state index contributed by atoms with van der Waals surface area (Å²) in [6.45, 7) is 5.43. The molecule has 0 rings (SSSR count). The van der Waals surface area contributed by atoms with E-state index in [-0.39, 0.29) is 5.91 Å². The van der Waals surface area contributed by atoms with Crippen LogP contribution in [0.2, 0.25) is 0 Å². The average molecular weight is 127 g/mol. The Morgan fingerprint density at radius 2 is 2.22 bits per heavy atom. The molecular weight excluding hydrogens is 114 g/mol. The van der Waals surface area contributed by atoms with E-state index in [0.717, 1.165) is 12.1 Å². The second-order valence-corrected chi connectivity index (χ2v) is 1.85. The molecule has 0 unspecified atom stereocenters. The SMILES string of the molecule is CC=C(CC)NC(C)=O. The second-order valence-electron chi connectivity index (χ2n) is 1.85. The summed E-state index contributed by atoms with van der Waals surface area (Å²) in [6.07, 6.45) is 2.79. The Morgan fingerprint density at radius 1 is 1.67 bits per heavy atom. The Labute approximate surface area is 56.0 Å². The summed E-state index contributed by atoms with van der Waals surface area (Å²) >= 11 is 0. The van der Waals surface area contributed by atoms with Gasteiger partial charge in [0.05, 0.1) is 0 Å². The number of hydrogen-bond acceptors (Lipinski definition) is 1. The van der Waals surface area contributed by atoms with Gasteiger partial charge in [0, 0.05) is 12.6 Å². The fourth-order valence-corrected chi connectivity index (χ4v) is 0.591. The van der Waals surface area contributed by atoms with Crippen LogP contribution in [0.3, 0.4) is 0 Å². The number of carbonyl (C=O) groups excluding carboxylic acids is 1. The molecule has 0 aliphatic heterocycles. The Kier molecular flexibility index (Phi) is 3.76. The van der Waals surface area contributed by atoms with Gasteiger partial charge in [0.15, 0.2) is 0 Å². The normalized spacial score (nSPS) is 11.2. The Morgan fingerprint density at radius 3 is 2.33 bits per heavy atom. The Hall–Kier alpha value is -0.790. The lowest BCUT2D eigenvalue weighted by atomic mass is 10.3. The predicted octanol–water partition coefficient (Wildman–Crippen LogP) is 1.44. The molecule has 52 valence electrons. The molecule has 2 heteroatoms. The van der Waals surface area contributed by atoms with Crippen molar-refractivity contribution in [2.45, 2.75) is 27.2 Å². The first-order chi connectivity index (χ1) is 4.20. The first-order valence-electron chi connectivity index (χ1n) is 3.13. The van der Waals surface area contributed by atoms with Crippen molar-refractivity contribution >= 4 is 5.91 Å². The molecule has 0 fully saturated rings. The summed E-state index contributed by atoms with van der Waals surface area (Å²) in [5.41, 5.74) is 0.988. The van der Waals surface area contributed by atoms with Crippen LogP contribution in [0.25, 0.3) is 0 Å². The molecule has 0 radical (unpaired) electrons. The predicted molar refractivity (Wildman–Crippen MR) is 37.9 cm³/mol. The number of hydrogen-bond donors (Lipinski definition) is 1. The molecule has 0 atom stereocenters. The van der Waals surface area contributed by atoms with Crippen LogP contribution in [0.15, 0.2) is 11.8 Å². The van der Waals surface area contributed by atoms with Gasteiger partial charge < -0.3 is 5.32 Å². The van der Waals surface area contributed by atoms with Crippen LogP contribution in [0.5, 0.6) is 0 Å². The Balaban J connectivity index is 3.71. The molecule has 0 aromatic carbocycles. The highest BCUT2D eigenvalue weighted by Gasteiger charge is 1.92. The second kappa shape index (κ2) is 4.13. The van der Waals surface area contributed by atoms with Gasteiger partial charge in [0.2, 0.25) is 5.91 Å². The fourth-order valence-electron chi connectivity index (χ4n) is 0.591. The van der Waals surface area contributed by atoms with Gasteiger partial charge in [-0.05, 0) is 13.3 Å². The molecule has 0 spiro atoms. The molecule has 0 aliphatic carbocycles. The maximum atomic E-state index is 10.4. The number of nitrogens with one attached hydrogen (secondary N) is 1. The third-order valence-corrected chi connectivity index (χ3v) is 1.07. The largest absolute Gasteiger partial charge is 0.330 e. The van der Waals surface area contributed by atoms with Crippen molar-refractivity contribution in [3.8, 4) is 0 Å². The van der Waals surface area contributed by atoms with Crippen molar-refractivity contribution in [3.63, 3.8) is 0 Å². The standard InChI is InChI=1S/C7H13NO/c1-4-7(5-2)8-6(3)9/h4H,5H2,1-3H3,(H,8,9). The smallest absolute Gasteiger partial charge is 0.220 e. The molecular formula is C7H13NO. The summed E-state index contributed by atoms with van der Waals surface area (Å²) in [4.78, 5) is 10.4. The van der Waals surface area contributed by atoms with Crippen molar-refractivity contribution in [3.05, 3.63) is 11.8 Å². The van der Waals surface area contributed by atoms with Crippen LogP contribution in [-0.4, -0.2) is 5.91 Å². The monoisotopic (exact) mass is 127 g/mol. The van der Waals surface area contributed by atoms with Crippen molar-refractivity contribution < 1.29 is 4.79 Å². The zero-order valence-electron chi connectivity index (χ0n) is 6.19. The van der Waals surface area contributed by atoms with E-state index in [4.69, 9.17) is 0 Å². The van der Waals surface area contributed by atoms with E-state index < -0.39 is 0 Å². The fraction of sp³-hybridized carbons (Fsp3) is 0.571. The van der Waals surface area contributed by atoms with Gasteiger partial charge in [-0.25, -0.2) is 0 Å². The minimum absolute atomic E-state index is 0.00458. The first-order valence-corrected chi connectivity index (χ1v) is 3.13. The number of carbonyl (C=O) groups is 1. The van der Waals surface area contributed by atoms with E-state index in [1.165, 1.54) is 6.92 Å². The van der Waals surface area contributed by atoms with Gasteiger partial charge in [0.1, 0.15) is 0 Å². The van der Waals surface area contributed by atoms with Crippen molar-refractivity contribution in [1.29, 1.82) is 0 Å². The third-order valence-electron chi connectivity index (χ3n) is 1.07. The highest BCUT2D eigenvalue weighted by atomic mass is 16.1. The summed E-state index contributed by atoms with van der Waals surface area (Å²) in [6, 6.07) is 0. The van der Waals surface area contributed by atoms with Crippen molar-refractivity contribution in [2.24, 2.45) is 0 Å². The Bertz CT molecular complexity index is 127. The van der Waals surface area contributed by atoms with Crippen LogP contribution >= 0.6 is 0 Å². The minimum Gasteiger partial charge on any atom is -0.330 e. The van der Waals surface area contributed by atoms with Crippen LogP contribution in [-0.2, 0) is 4.79 Å². The van der Waals surface area contributed by atoms with E-state index in [1.807, 2.05) is 19.9 Å². The molecule has 0 aromatic heterocycles. The molecule has 9 heavy (non-hydrogen) atoms. The van der Waals surface area contributed by atoms with Crippen LogP contribution < -0.4 is 5.32 Å². The highest BCUT2D eigenvalue weighted by Crippen LogP contribution is 1.92.